The molecule has 0 radical (unpaired) electrons. The number of nitrogens with zero attached hydrogens (tertiary/aromatic N) is 2. The lowest BCUT2D eigenvalue weighted by atomic mass is 9.96. The minimum Gasteiger partial charge on any atom is -0.398 e. The Labute approximate surface area is 110 Å². The molecule has 0 saturated carbocycles. The van der Waals surface area contributed by atoms with Gasteiger partial charge in [-0.1, -0.05) is 6.07 Å². The van der Waals surface area contributed by atoms with E-state index in [2.05, 4.69) is 15.9 Å². The Bertz CT molecular complexity index is 435. The van der Waals surface area contributed by atoms with Crippen LogP contribution in [0.5, 0.6) is 0 Å². The number of amides is 2. The van der Waals surface area contributed by atoms with Gasteiger partial charge in [-0.2, -0.15) is 0 Å². The summed E-state index contributed by atoms with van der Waals surface area (Å²) in [5, 5.41) is 0. The summed E-state index contributed by atoms with van der Waals surface area (Å²) in [6.07, 6.45) is 0. The van der Waals surface area contributed by atoms with Crippen LogP contribution in [0.2, 0.25) is 0 Å². The van der Waals surface area contributed by atoms with Crippen LogP contribution in [0.1, 0.15) is 11.5 Å². The van der Waals surface area contributed by atoms with Crippen molar-refractivity contribution in [1.82, 2.24) is 9.80 Å². The van der Waals surface area contributed by atoms with Crippen molar-refractivity contribution in [3.05, 3.63) is 28.2 Å². The third-order valence-electron chi connectivity index (χ3n) is 3.14. The molecule has 0 spiro atoms. The predicted octanol–water partition coefficient (Wildman–Crippen LogP) is 2.11. The Hall–Kier alpha value is -1.23. The van der Waals surface area contributed by atoms with Crippen LogP contribution in [-0.4, -0.2) is 43.0 Å². The number of carbonyl (C=O) groups excluding carboxylic acids is 1. The smallest absolute Gasteiger partial charge is 0.319 e. The Balaban J connectivity index is 2.23. The fraction of sp³-hybridized carbons (Fsp3) is 0.417. The van der Waals surface area contributed by atoms with E-state index < -0.39 is 0 Å². The molecule has 1 aromatic rings. The van der Waals surface area contributed by atoms with Crippen LogP contribution in [-0.2, 0) is 0 Å². The highest BCUT2D eigenvalue weighted by molar-refractivity contribution is 9.10. The van der Waals surface area contributed by atoms with Gasteiger partial charge in [-0.15, -0.1) is 0 Å². The van der Waals surface area contributed by atoms with Crippen molar-refractivity contribution in [3.63, 3.8) is 0 Å². The zero-order chi connectivity index (χ0) is 12.6. The fourth-order valence-corrected chi connectivity index (χ4v) is 2.57. The number of nitrogen functional groups attached to an aromatic ring is 1. The van der Waals surface area contributed by atoms with E-state index in [1.165, 1.54) is 5.56 Å². The number of anilines is 1. The third kappa shape index (κ3) is 2.39. The highest BCUT2D eigenvalue weighted by atomic mass is 79.9. The van der Waals surface area contributed by atoms with Crippen molar-refractivity contribution in [3.8, 4) is 0 Å². The minimum absolute atomic E-state index is 0.0794. The average molecular weight is 298 g/mol. The Morgan fingerprint density at radius 2 is 1.88 bits per heavy atom. The van der Waals surface area contributed by atoms with Crippen LogP contribution in [0.15, 0.2) is 22.7 Å². The quantitative estimate of drug-likeness (QED) is 0.807. The molecule has 17 heavy (non-hydrogen) atoms. The third-order valence-corrected chi connectivity index (χ3v) is 3.82. The highest BCUT2D eigenvalue weighted by Gasteiger charge is 2.28. The zero-order valence-corrected chi connectivity index (χ0v) is 11.6. The van der Waals surface area contributed by atoms with E-state index in [4.69, 9.17) is 5.73 Å². The lowest BCUT2D eigenvalue weighted by Gasteiger charge is -2.36. The van der Waals surface area contributed by atoms with Crippen molar-refractivity contribution in [2.75, 3.05) is 32.9 Å². The largest absolute Gasteiger partial charge is 0.398 e. The number of hydrogen-bond acceptors (Lipinski definition) is 2. The molecule has 1 aromatic carbocycles. The second-order valence-corrected chi connectivity index (χ2v) is 5.38. The number of likely N-dealkylation sites (N-methyl/N-ethyl adjacent to an activating group) is 2. The zero-order valence-electron chi connectivity index (χ0n) is 9.98. The van der Waals surface area contributed by atoms with Gasteiger partial charge in [0.2, 0.25) is 0 Å². The predicted molar refractivity (Wildman–Crippen MR) is 72.0 cm³/mol. The first-order valence-electron chi connectivity index (χ1n) is 5.50. The van der Waals surface area contributed by atoms with E-state index >= 15 is 0 Å². The lowest BCUT2D eigenvalue weighted by molar-refractivity contribution is 0.144. The number of carbonyl (C=O) groups is 1. The van der Waals surface area contributed by atoms with Crippen molar-refractivity contribution in [2.45, 2.75) is 5.92 Å². The van der Waals surface area contributed by atoms with Gasteiger partial charge in [0, 0.05) is 43.3 Å². The highest BCUT2D eigenvalue weighted by Crippen LogP contribution is 2.28. The van der Waals surface area contributed by atoms with Gasteiger partial charge in [-0.3, -0.25) is 0 Å². The van der Waals surface area contributed by atoms with Crippen LogP contribution in [0.3, 0.4) is 0 Å². The van der Waals surface area contributed by atoms with Gasteiger partial charge in [0.05, 0.1) is 0 Å². The van der Waals surface area contributed by atoms with Gasteiger partial charge in [0.15, 0.2) is 0 Å². The first-order valence-corrected chi connectivity index (χ1v) is 6.29. The van der Waals surface area contributed by atoms with E-state index in [0.29, 0.717) is 5.92 Å². The molecule has 0 unspecified atom stereocenters. The van der Waals surface area contributed by atoms with Gasteiger partial charge >= 0.3 is 6.03 Å². The number of benzene rings is 1. The second kappa shape index (κ2) is 4.56. The standard InChI is InChI=1S/C12H16BrN3O/c1-15-6-9(7-16(2)12(15)17)8-3-4-11(14)10(13)5-8/h3-5,9H,6-7,14H2,1-2H3. The number of hydrogen-bond donors (Lipinski definition) is 1. The summed E-state index contributed by atoms with van der Waals surface area (Å²) in [5.74, 6) is 0.333. The molecule has 1 fully saturated rings. The van der Waals surface area contributed by atoms with Crippen molar-refractivity contribution < 1.29 is 4.79 Å². The van der Waals surface area contributed by atoms with E-state index in [1.54, 1.807) is 9.80 Å². The van der Waals surface area contributed by atoms with Crippen LogP contribution < -0.4 is 5.73 Å². The summed E-state index contributed by atoms with van der Waals surface area (Å²) in [4.78, 5) is 15.1. The number of halogens is 1. The Morgan fingerprint density at radius 3 is 2.41 bits per heavy atom. The van der Waals surface area contributed by atoms with Gasteiger partial charge in [0.1, 0.15) is 0 Å². The second-order valence-electron chi connectivity index (χ2n) is 4.52. The van der Waals surface area contributed by atoms with E-state index in [9.17, 15) is 4.79 Å². The summed E-state index contributed by atoms with van der Waals surface area (Å²) < 4.78 is 0.914. The topological polar surface area (TPSA) is 49.6 Å². The average Bonchev–Trinajstić information content (AvgIpc) is 2.29. The fourth-order valence-electron chi connectivity index (χ4n) is 2.17. The molecule has 0 bridgehead atoms. The summed E-state index contributed by atoms with van der Waals surface area (Å²) in [5.41, 5.74) is 7.72. The van der Waals surface area contributed by atoms with E-state index in [-0.39, 0.29) is 6.03 Å². The molecule has 0 aliphatic carbocycles. The lowest BCUT2D eigenvalue weighted by Crippen LogP contribution is -2.48. The molecule has 1 saturated heterocycles. The molecule has 92 valence electrons. The summed E-state index contributed by atoms with van der Waals surface area (Å²) in [6, 6.07) is 6.05. The minimum atomic E-state index is 0.0794. The van der Waals surface area contributed by atoms with Crippen molar-refractivity contribution in [1.29, 1.82) is 0 Å². The van der Waals surface area contributed by atoms with Crippen molar-refractivity contribution in [2.24, 2.45) is 0 Å². The Kier molecular flexibility index (Phi) is 3.28. The van der Waals surface area contributed by atoms with Crippen molar-refractivity contribution >= 4 is 27.6 Å². The van der Waals surface area contributed by atoms with Crippen LogP contribution >= 0.6 is 15.9 Å². The van der Waals surface area contributed by atoms with Gasteiger partial charge < -0.3 is 15.5 Å². The number of urea groups is 1. The Morgan fingerprint density at radius 1 is 1.29 bits per heavy atom. The maximum atomic E-state index is 11.6. The molecule has 1 heterocycles. The summed E-state index contributed by atoms with van der Waals surface area (Å²) in [6.45, 7) is 1.50. The van der Waals surface area contributed by atoms with Gasteiger partial charge in [-0.25, -0.2) is 4.79 Å². The molecule has 1 aliphatic rings. The van der Waals surface area contributed by atoms with Gasteiger partial charge in [-0.05, 0) is 33.6 Å². The summed E-state index contributed by atoms with van der Waals surface area (Å²) in [7, 11) is 3.66. The monoisotopic (exact) mass is 297 g/mol. The number of rotatable bonds is 1. The molecular weight excluding hydrogens is 282 g/mol. The van der Waals surface area contributed by atoms with Crippen LogP contribution in [0.4, 0.5) is 10.5 Å². The summed E-state index contributed by atoms with van der Waals surface area (Å²) >= 11 is 3.44. The molecular formula is C12H16BrN3O. The maximum absolute atomic E-state index is 11.6. The molecule has 2 rings (SSSR count). The van der Waals surface area contributed by atoms with Crippen LogP contribution in [0.25, 0.3) is 0 Å². The molecule has 0 atom stereocenters. The van der Waals surface area contributed by atoms with Gasteiger partial charge in [0.25, 0.3) is 0 Å². The number of nitrogens with two attached hydrogens (primary N) is 1. The van der Waals surface area contributed by atoms with Crippen LogP contribution in [0, 0.1) is 0 Å². The SMILES string of the molecule is CN1CC(c2ccc(N)c(Br)c2)CN(C)C1=O. The maximum Gasteiger partial charge on any atom is 0.319 e. The first-order chi connectivity index (χ1) is 7.99. The molecule has 2 amide bonds. The molecule has 0 aromatic heterocycles. The first kappa shape index (κ1) is 12.2. The normalized spacial score (nSPS) is 17.7. The molecule has 1 aliphatic heterocycles. The molecule has 2 N–H and O–H groups in total. The molecule has 4 nitrogen and oxygen atoms in total. The molecule has 5 heteroatoms. The van der Waals surface area contributed by atoms with E-state index in [1.807, 2.05) is 32.3 Å². The van der Waals surface area contributed by atoms with E-state index in [0.717, 1.165) is 23.2 Å².